The zero-order valence-electron chi connectivity index (χ0n) is 19.9. The van der Waals surface area contributed by atoms with E-state index in [1.165, 1.54) is 69.8 Å². The van der Waals surface area contributed by atoms with Crippen LogP contribution in [0.4, 0.5) is 0 Å². The first-order chi connectivity index (χ1) is 15.1. The summed E-state index contributed by atoms with van der Waals surface area (Å²) in [5, 5.41) is 0. The Morgan fingerprint density at radius 2 is 1.45 bits per heavy atom. The van der Waals surface area contributed by atoms with E-state index in [9.17, 15) is 4.79 Å². The number of nitrogens with zero attached hydrogens (tertiary/aromatic N) is 1. The van der Waals surface area contributed by atoms with E-state index in [0.717, 1.165) is 24.1 Å². The van der Waals surface area contributed by atoms with Gasteiger partial charge in [0.15, 0.2) is 0 Å². The average molecular weight is 424 g/mol. The lowest BCUT2D eigenvalue weighted by Gasteiger charge is -2.09. The number of hydrogen-bond donors (Lipinski definition) is 0. The van der Waals surface area contributed by atoms with Gasteiger partial charge in [-0.1, -0.05) is 84.6 Å². The van der Waals surface area contributed by atoms with Crippen LogP contribution < -0.4 is 4.74 Å². The van der Waals surface area contributed by atoms with Crippen molar-refractivity contribution in [1.29, 1.82) is 0 Å². The summed E-state index contributed by atoms with van der Waals surface area (Å²) in [6.45, 7) is 6.15. The topological polar surface area (TPSA) is 39.2 Å². The molecule has 0 radical (unpaired) electrons. The Morgan fingerprint density at radius 1 is 0.839 bits per heavy atom. The van der Waals surface area contributed by atoms with Gasteiger partial charge >= 0.3 is 5.97 Å². The van der Waals surface area contributed by atoms with Crippen molar-refractivity contribution in [3.05, 3.63) is 48.2 Å². The van der Waals surface area contributed by atoms with Gasteiger partial charge in [0, 0.05) is 11.8 Å². The summed E-state index contributed by atoms with van der Waals surface area (Å²) < 4.78 is 5.42. The molecule has 1 aromatic carbocycles. The van der Waals surface area contributed by atoms with Gasteiger partial charge in [-0.3, -0.25) is 9.78 Å². The highest BCUT2D eigenvalue weighted by Gasteiger charge is 2.13. The van der Waals surface area contributed by atoms with Crippen molar-refractivity contribution >= 4 is 5.97 Å². The molecule has 3 nitrogen and oxygen atoms in total. The van der Waals surface area contributed by atoms with Crippen molar-refractivity contribution in [3.63, 3.8) is 0 Å². The molecule has 2 aromatic rings. The molecule has 1 atom stereocenters. The number of benzene rings is 1. The first-order valence-corrected chi connectivity index (χ1v) is 12.4. The van der Waals surface area contributed by atoms with E-state index >= 15 is 0 Å². The molecular weight excluding hydrogens is 382 g/mol. The molecule has 0 fully saturated rings. The lowest BCUT2D eigenvalue weighted by molar-refractivity contribution is -0.138. The Balaban J connectivity index is 1.68. The third-order valence-corrected chi connectivity index (χ3v) is 6.03. The summed E-state index contributed by atoms with van der Waals surface area (Å²) in [6, 6.07) is 11.9. The number of rotatable bonds is 15. The van der Waals surface area contributed by atoms with E-state index < -0.39 is 0 Å². The van der Waals surface area contributed by atoms with Gasteiger partial charge in [-0.15, -0.1) is 0 Å². The van der Waals surface area contributed by atoms with Crippen LogP contribution in [0.5, 0.6) is 5.75 Å². The highest BCUT2D eigenvalue weighted by molar-refractivity contribution is 5.75. The first kappa shape index (κ1) is 25.1. The Hall–Kier alpha value is -2.16. The normalized spacial score (nSPS) is 12.0. The Morgan fingerprint density at radius 3 is 2.00 bits per heavy atom. The maximum atomic E-state index is 11.9. The largest absolute Gasteiger partial charge is 0.426 e. The van der Waals surface area contributed by atoms with Crippen LogP contribution in [0.15, 0.2) is 42.6 Å². The molecule has 170 valence electrons. The van der Waals surface area contributed by atoms with Crippen LogP contribution in [0.3, 0.4) is 0 Å². The van der Waals surface area contributed by atoms with Crippen LogP contribution in [-0.2, 0) is 11.2 Å². The number of carbonyl (C=O) groups is 1. The number of aromatic nitrogens is 1. The van der Waals surface area contributed by atoms with Gasteiger partial charge in [0.25, 0.3) is 0 Å². The molecule has 0 aliphatic heterocycles. The molecule has 1 aromatic heterocycles. The maximum absolute atomic E-state index is 11.9. The molecule has 2 rings (SSSR count). The fourth-order valence-electron chi connectivity index (χ4n) is 3.64. The molecule has 0 saturated carbocycles. The molecule has 31 heavy (non-hydrogen) atoms. The zero-order valence-corrected chi connectivity index (χ0v) is 19.9. The minimum atomic E-state index is -0.176. The van der Waals surface area contributed by atoms with Crippen molar-refractivity contribution in [3.8, 4) is 17.0 Å². The molecule has 3 heteroatoms. The van der Waals surface area contributed by atoms with E-state index in [0.29, 0.717) is 5.75 Å². The van der Waals surface area contributed by atoms with Gasteiger partial charge in [-0.2, -0.15) is 0 Å². The van der Waals surface area contributed by atoms with Crippen molar-refractivity contribution in [2.24, 2.45) is 5.92 Å². The number of pyridine rings is 1. The van der Waals surface area contributed by atoms with Crippen LogP contribution in [-0.4, -0.2) is 11.0 Å². The number of esters is 1. The summed E-state index contributed by atoms with van der Waals surface area (Å²) in [7, 11) is 0. The molecule has 0 amide bonds. The molecule has 0 aliphatic carbocycles. The highest BCUT2D eigenvalue weighted by Crippen LogP contribution is 2.22. The predicted molar refractivity (Wildman–Crippen MR) is 130 cm³/mol. The quantitative estimate of drug-likeness (QED) is 0.165. The molecule has 0 bridgehead atoms. The Bertz CT molecular complexity index is 737. The summed E-state index contributed by atoms with van der Waals surface area (Å²) in [5.41, 5.74) is 3.29. The lowest BCUT2D eigenvalue weighted by Crippen LogP contribution is -2.16. The highest BCUT2D eigenvalue weighted by atomic mass is 16.5. The summed E-state index contributed by atoms with van der Waals surface area (Å²) in [5.74, 6) is 0.334. The monoisotopic (exact) mass is 423 g/mol. The van der Waals surface area contributed by atoms with Crippen LogP contribution in [0.25, 0.3) is 11.3 Å². The molecule has 1 heterocycles. The van der Waals surface area contributed by atoms with Crippen LogP contribution >= 0.6 is 0 Å². The minimum absolute atomic E-state index is 0.0792. The first-order valence-electron chi connectivity index (χ1n) is 12.4. The standard InChI is InChI=1S/C28H41NO2/c1-4-6-7-8-9-10-11-12-13-14-15-24-16-21-27(29-22-24)25-17-19-26(20-18-25)31-28(30)23(3)5-2/h16-23H,4-15H2,1-3H3. The van der Waals surface area contributed by atoms with Gasteiger partial charge in [0.05, 0.1) is 11.6 Å². The van der Waals surface area contributed by atoms with Gasteiger partial charge < -0.3 is 4.74 Å². The third-order valence-electron chi connectivity index (χ3n) is 6.03. The number of aryl methyl sites for hydroxylation is 1. The van der Waals surface area contributed by atoms with E-state index in [1.807, 2.05) is 44.3 Å². The minimum Gasteiger partial charge on any atom is -0.426 e. The molecule has 0 N–H and O–H groups in total. The fourth-order valence-corrected chi connectivity index (χ4v) is 3.64. The SMILES string of the molecule is CCCCCCCCCCCCc1ccc(-c2ccc(OC(=O)C(C)CC)cc2)nc1. The predicted octanol–water partition coefficient (Wildman–Crippen LogP) is 8.16. The summed E-state index contributed by atoms with van der Waals surface area (Å²) in [4.78, 5) is 16.5. The van der Waals surface area contributed by atoms with Gasteiger partial charge in [0.1, 0.15) is 5.75 Å². The molecule has 1 unspecified atom stereocenters. The third kappa shape index (κ3) is 9.67. The van der Waals surface area contributed by atoms with Gasteiger partial charge in [-0.05, 0) is 55.2 Å². The molecular formula is C28H41NO2. The van der Waals surface area contributed by atoms with Crippen LogP contribution in [0.2, 0.25) is 0 Å². The Kier molecular flexibility index (Phi) is 12.0. The smallest absolute Gasteiger partial charge is 0.314 e. The van der Waals surface area contributed by atoms with Gasteiger partial charge in [-0.25, -0.2) is 0 Å². The van der Waals surface area contributed by atoms with Crippen LogP contribution in [0, 0.1) is 5.92 Å². The second kappa shape index (κ2) is 14.8. The maximum Gasteiger partial charge on any atom is 0.314 e. The number of ether oxygens (including phenoxy) is 1. The second-order valence-corrected chi connectivity index (χ2v) is 8.74. The van der Waals surface area contributed by atoms with Crippen molar-refractivity contribution in [2.45, 2.75) is 97.8 Å². The van der Waals surface area contributed by atoms with E-state index in [1.54, 1.807) is 0 Å². The van der Waals surface area contributed by atoms with Crippen molar-refractivity contribution in [2.75, 3.05) is 0 Å². The Labute approximate surface area is 189 Å². The van der Waals surface area contributed by atoms with Crippen molar-refractivity contribution in [1.82, 2.24) is 4.98 Å². The van der Waals surface area contributed by atoms with Crippen molar-refractivity contribution < 1.29 is 9.53 Å². The summed E-state index contributed by atoms with van der Waals surface area (Å²) >= 11 is 0. The fraction of sp³-hybridized carbons (Fsp3) is 0.571. The lowest BCUT2D eigenvalue weighted by atomic mass is 10.0. The zero-order chi connectivity index (χ0) is 22.3. The second-order valence-electron chi connectivity index (χ2n) is 8.74. The number of unbranched alkanes of at least 4 members (excludes halogenated alkanes) is 9. The average Bonchev–Trinajstić information content (AvgIpc) is 2.80. The molecule has 0 spiro atoms. The van der Waals surface area contributed by atoms with E-state index in [-0.39, 0.29) is 11.9 Å². The van der Waals surface area contributed by atoms with Crippen LogP contribution in [0.1, 0.15) is 97.0 Å². The van der Waals surface area contributed by atoms with E-state index in [2.05, 4.69) is 24.0 Å². The van der Waals surface area contributed by atoms with Gasteiger partial charge in [0.2, 0.25) is 0 Å². The van der Waals surface area contributed by atoms with E-state index in [4.69, 9.17) is 4.74 Å². The molecule has 0 aliphatic rings. The number of carbonyl (C=O) groups excluding carboxylic acids is 1. The number of hydrogen-bond acceptors (Lipinski definition) is 3. The molecule has 0 saturated heterocycles. The summed E-state index contributed by atoms with van der Waals surface area (Å²) in [6.07, 6.45) is 17.5.